The number of rotatable bonds is 3. The molecule has 0 saturated heterocycles. The van der Waals surface area contributed by atoms with Crippen molar-refractivity contribution in [3.8, 4) is 0 Å². The van der Waals surface area contributed by atoms with E-state index in [0.717, 1.165) is 27.6 Å². The fourth-order valence-electron chi connectivity index (χ4n) is 3.19. The first-order valence-corrected chi connectivity index (χ1v) is 7.49. The molecule has 2 aromatic carbocycles. The Kier molecular flexibility index (Phi) is 2.98. The van der Waals surface area contributed by atoms with Crippen LogP contribution >= 0.6 is 0 Å². The summed E-state index contributed by atoms with van der Waals surface area (Å²) < 4.78 is 7.67. The number of fused-ring (bicyclic) bond motifs is 3. The summed E-state index contributed by atoms with van der Waals surface area (Å²) in [5.74, 6) is 0.461. The number of primary amides is 1. The van der Waals surface area contributed by atoms with Gasteiger partial charge in [-0.25, -0.2) is 0 Å². The third-order valence-corrected chi connectivity index (χ3v) is 4.21. The molecule has 0 fully saturated rings. The number of carbonyl (C=O) groups excluding carboxylic acids is 1. The van der Waals surface area contributed by atoms with Gasteiger partial charge in [0.25, 0.3) is 0 Å². The number of aromatic nitrogens is 1. The Balaban J connectivity index is 2.11. The van der Waals surface area contributed by atoms with E-state index in [9.17, 15) is 4.79 Å². The molecule has 2 aromatic heterocycles. The van der Waals surface area contributed by atoms with E-state index < -0.39 is 5.91 Å². The van der Waals surface area contributed by atoms with Crippen molar-refractivity contribution < 1.29 is 9.21 Å². The lowest BCUT2D eigenvalue weighted by Crippen LogP contribution is -2.11. The summed E-state index contributed by atoms with van der Waals surface area (Å²) >= 11 is 0. The quantitative estimate of drug-likeness (QED) is 0.625. The van der Waals surface area contributed by atoms with Gasteiger partial charge in [-0.2, -0.15) is 0 Å². The molecule has 0 spiro atoms. The highest BCUT2D eigenvalue weighted by Gasteiger charge is 2.16. The molecular weight excluding hydrogens is 288 g/mol. The van der Waals surface area contributed by atoms with Gasteiger partial charge in [0.2, 0.25) is 5.91 Å². The normalized spacial score (nSPS) is 11.3. The van der Waals surface area contributed by atoms with Crippen LogP contribution in [0.5, 0.6) is 0 Å². The molecule has 0 aliphatic rings. The zero-order chi connectivity index (χ0) is 16.0. The summed E-state index contributed by atoms with van der Waals surface area (Å²) in [5.41, 5.74) is 9.36. The van der Waals surface area contributed by atoms with Crippen LogP contribution in [0.4, 0.5) is 0 Å². The second-order valence-electron chi connectivity index (χ2n) is 5.75. The molecule has 0 aliphatic carbocycles. The van der Waals surface area contributed by atoms with Crippen molar-refractivity contribution in [2.24, 2.45) is 5.73 Å². The zero-order valence-electron chi connectivity index (χ0n) is 12.7. The minimum Gasteiger partial charge on any atom is -0.467 e. The monoisotopic (exact) mass is 304 g/mol. The number of amides is 1. The lowest BCUT2D eigenvalue weighted by molar-refractivity contribution is 0.100. The molecule has 4 nitrogen and oxygen atoms in total. The summed E-state index contributed by atoms with van der Waals surface area (Å²) in [6, 6.07) is 15.7. The largest absolute Gasteiger partial charge is 0.467 e. The smallest absolute Gasteiger partial charge is 0.249 e. The molecule has 0 unspecified atom stereocenters. The molecule has 4 rings (SSSR count). The molecule has 1 amide bonds. The lowest BCUT2D eigenvalue weighted by atomic mass is 10.1. The van der Waals surface area contributed by atoms with Crippen LogP contribution in [0.15, 0.2) is 59.2 Å². The molecule has 0 saturated carbocycles. The van der Waals surface area contributed by atoms with Gasteiger partial charge in [-0.3, -0.25) is 4.79 Å². The van der Waals surface area contributed by atoms with E-state index in [1.807, 2.05) is 24.3 Å². The number of carbonyl (C=O) groups is 1. The Morgan fingerprint density at radius 3 is 2.74 bits per heavy atom. The van der Waals surface area contributed by atoms with Gasteiger partial charge in [0.05, 0.1) is 18.3 Å². The number of nitrogens with two attached hydrogens (primary N) is 1. The van der Waals surface area contributed by atoms with E-state index in [1.54, 1.807) is 12.3 Å². The van der Waals surface area contributed by atoms with Gasteiger partial charge < -0.3 is 14.7 Å². The maximum absolute atomic E-state index is 11.8. The first-order chi connectivity index (χ1) is 11.1. The summed E-state index contributed by atoms with van der Waals surface area (Å²) in [7, 11) is 0. The average molecular weight is 304 g/mol. The molecule has 2 N–H and O–H groups in total. The van der Waals surface area contributed by atoms with Crippen molar-refractivity contribution in [2.75, 3.05) is 0 Å². The van der Waals surface area contributed by atoms with Crippen molar-refractivity contribution in [3.63, 3.8) is 0 Å². The zero-order valence-corrected chi connectivity index (χ0v) is 12.7. The highest BCUT2D eigenvalue weighted by molar-refractivity contribution is 6.17. The van der Waals surface area contributed by atoms with Gasteiger partial charge in [-0.05, 0) is 42.8 Å². The van der Waals surface area contributed by atoms with E-state index in [1.165, 1.54) is 5.56 Å². The first-order valence-electron chi connectivity index (χ1n) is 7.49. The van der Waals surface area contributed by atoms with Gasteiger partial charge in [0, 0.05) is 21.9 Å². The molecule has 0 bridgehead atoms. The number of hydrogen-bond donors (Lipinski definition) is 1. The van der Waals surface area contributed by atoms with Crippen LogP contribution in [0.2, 0.25) is 0 Å². The van der Waals surface area contributed by atoms with Gasteiger partial charge in [0.1, 0.15) is 5.76 Å². The highest BCUT2D eigenvalue weighted by atomic mass is 16.3. The van der Waals surface area contributed by atoms with Gasteiger partial charge in [-0.1, -0.05) is 18.2 Å². The standard InChI is InChI=1S/C19H16N2O2/c1-12-7-8-14-17(10-12)21(11-13-4-3-9-23-13)16-6-2-5-15(18(14)16)19(20)22/h2-10H,11H2,1H3,(H2,20,22). The Bertz CT molecular complexity index is 1030. The average Bonchev–Trinajstić information content (AvgIpc) is 3.14. The van der Waals surface area contributed by atoms with E-state index >= 15 is 0 Å². The van der Waals surface area contributed by atoms with E-state index in [-0.39, 0.29) is 0 Å². The number of nitrogens with zero attached hydrogens (tertiary/aromatic N) is 1. The van der Waals surface area contributed by atoms with Crippen LogP contribution in [-0.2, 0) is 6.54 Å². The van der Waals surface area contributed by atoms with Crippen LogP contribution in [-0.4, -0.2) is 10.5 Å². The molecule has 23 heavy (non-hydrogen) atoms. The molecule has 4 heteroatoms. The summed E-state index contributed by atoms with van der Waals surface area (Å²) in [5, 5.41) is 1.94. The van der Waals surface area contributed by atoms with Crippen molar-refractivity contribution in [1.82, 2.24) is 4.57 Å². The predicted octanol–water partition coefficient (Wildman–Crippen LogP) is 3.84. The molecule has 0 aliphatic heterocycles. The molecular formula is C19H16N2O2. The summed E-state index contributed by atoms with van der Waals surface area (Å²) in [6.07, 6.45) is 1.67. The molecule has 0 radical (unpaired) electrons. The van der Waals surface area contributed by atoms with Crippen LogP contribution in [0.25, 0.3) is 21.8 Å². The van der Waals surface area contributed by atoms with Crippen LogP contribution in [0, 0.1) is 6.92 Å². The Hall–Kier alpha value is -3.01. The predicted molar refractivity (Wildman–Crippen MR) is 90.5 cm³/mol. The number of hydrogen-bond acceptors (Lipinski definition) is 2. The topological polar surface area (TPSA) is 61.2 Å². The van der Waals surface area contributed by atoms with Crippen LogP contribution < -0.4 is 5.73 Å². The Morgan fingerprint density at radius 1 is 1.13 bits per heavy atom. The fraction of sp³-hybridized carbons (Fsp3) is 0.105. The van der Waals surface area contributed by atoms with E-state index in [4.69, 9.17) is 10.2 Å². The molecule has 4 aromatic rings. The Labute approximate surface area is 133 Å². The third kappa shape index (κ3) is 2.11. The van der Waals surface area contributed by atoms with Crippen molar-refractivity contribution in [2.45, 2.75) is 13.5 Å². The second kappa shape index (κ2) is 5.02. The third-order valence-electron chi connectivity index (χ3n) is 4.21. The Morgan fingerprint density at radius 2 is 2.00 bits per heavy atom. The second-order valence-corrected chi connectivity index (χ2v) is 5.75. The summed E-state index contributed by atoms with van der Waals surface area (Å²) in [4.78, 5) is 11.8. The van der Waals surface area contributed by atoms with Crippen LogP contribution in [0.3, 0.4) is 0 Å². The van der Waals surface area contributed by atoms with Gasteiger partial charge in [0.15, 0.2) is 0 Å². The maximum atomic E-state index is 11.8. The van der Waals surface area contributed by atoms with Gasteiger partial charge in [-0.15, -0.1) is 0 Å². The van der Waals surface area contributed by atoms with Crippen molar-refractivity contribution >= 4 is 27.7 Å². The number of benzene rings is 2. The summed E-state index contributed by atoms with van der Waals surface area (Å²) in [6.45, 7) is 2.67. The molecule has 0 atom stereocenters. The molecule has 2 heterocycles. The van der Waals surface area contributed by atoms with E-state index in [2.05, 4.69) is 29.7 Å². The minimum absolute atomic E-state index is 0.409. The van der Waals surface area contributed by atoms with Crippen LogP contribution in [0.1, 0.15) is 21.7 Å². The fourth-order valence-corrected chi connectivity index (χ4v) is 3.19. The highest BCUT2D eigenvalue weighted by Crippen LogP contribution is 2.32. The minimum atomic E-state index is -0.409. The molecule has 114 valence electrons. The van der Waals surface area contributed by atoms with Crippen molar-refractivity contribution in [1.29, 1.82) is 0 Å². The lowest BCUT2D eigenvalue weighted by Gasteiger charge is -2.06. The van der Waals surface area contributed by atoms with Gasteiger partial charge >= 0.3 is 0 Å². The maximum Gasteiger partial charge on any atom is 0.249 e. The van der Waals surface area contributed by atoms with Crippen molar-refractivity contribution in [3.05, 3.63) is 71.7 Å². The number of aryl methyl sites for hydroxylation is 1. The SMILES string of the molecule is Cc1ccc2c3c(C(N)=O)cccc3n(Cc3ccco3)c2c1. The first kappa shape index (κ1) is 13.6. The number of furan rings is 1. The van der Waals surface area contributed by atoms with E-state index in [0.29, 0.717) is 12.1 Å².